The summed E-state index contributed by atoms with van der Waals surface area (Å²) >= 11 is 6.16. The predicted molar refractivity (Wildman–Crippen MR) is 132 cm³/mol. The summed E-state index contributed by atoms with van der Waals surface area (Å²) < 4.78 is 55.7. The van der Waals surface area contributed by atoms with Gasteiger partial charge in [0.05, 0.1) is 16.6 Å². The number of benzene rings is 1. The molecule has 8 nitrogen and oxygen atoms in total. The number of fused-ring (bicyclic) bond motifs is 2. The van der Waals surface area contributed by atoms with Crippen molar-refractivity contribution < 1.29 is 31.9 Å². The number of piperidine rings is 1. The number of hydrogen-bond acceptors (Lipinski definition) is 4. The van der Waals surface area contributed by atoms with E-state index < -0.39 is 66.8 Å². The Balaban J connectivity index is 1.42. The molecular weight excluding hydrogens is 542 g/mol. The summed E-state index contributed by atoms with van der Waals surface area (Å²) in [5, 5.41) is 15.1. The van der Waals surface area contributed by atoms with E-state index in [-0.39, 0.29) is 46.1 Å². The van der Waals surface area contributed by atoms with Gasteiger partial charge < -0.3 is 20.5 Å². The van der Waals surface area contributed by atoms with Gasteiger partial charge in [-0.05, 0) is 43.2 Å². The number of alkyl halides is 4. The molecule has 1 saturated carbocycles. The van der Waals surface area contributed by atoms with E-state index >= 15 is 0 Å². The Morgan fingerprint density at radius 2 is 2.05 bits per heavy atom. The predicted octanol–water partition coefficient (Wildman–Crippen LogP) is 4.17. The highest BCUT2D eigenvalue weighted by Crippen LogP contribution is 2.50. The van der Waals surface area contributed by atoms with Crippen LogP contribution in [-0.2, 0) is 9.59 Å². The highest BCUT2D eigenvalue weighted by atomic mass is 35.5. The van der Waals surface area contributed by atoms with E-state index in [4.69, 9.17) is 11.6 Å². The number of rotatable bonds is 6. The minimum Gasteiger partial charge on any atom is -0.356 e. The van der Waals surface area contributed by atoms with Gasteiger partial charge in [-0.1, -0.05) is 17.7 Å². The number of likely N-dealkylation sites (tertiary alicyclic amines) is 1. The average Bonchev–Trinajstić information content (AvgIpc) is 3.54. The molecule has 3 aliphatic rings. The lowest BCUT2D eigenvalue weighted by Gasteiger charge is -2.29. The van der Waals surface area contributed by atoms with E-state index in [1.54, 1.807) is 0 Å². The number of aromatic amines is 1. The summed E-state index contributed by atoms with van der Waals surface area (Å²) in [6.07, 6.45) is -2.60. The quantitative estimate of drug-likeness (QED) is 0.454. The third-order valence-corrected chi connectivity index (χ3v) is 8.35. The summed E-state index contributed by atoms with van der Waals surface area (Å²) in [4.78, 5) is 43.2. The normalized spacial score (nSPS) is 26.8. The molecule has 2 aliphatic heterocycles. The molecule has 3 N–H and O–H groups in total. The Bertz CT molecular complexity index is 1360. The molecule has 0 spiro atoms. The van der Waals surface area contributed by atoms with E-state index in [9.17, 15) is 37.2 Å². The van der Waals surface area contributed by atoms with E-state index in [1.807, 2.05) is 6.07 Å². The third kappa shape index (κ3) is 5.16. The Morgan fingerprint density at radius 1 is 1.28 bits per heavy atom. The van der Waals surface area contributed by atoms with Crippen LogP contribution in [0.25, 0.3) is 10.9 Å². The molecule has 0 radical (unpaired) electrons. The summed E-state index contributed by atoms with van der Waals surface area (Å²) in [5.41, 5.74) is -0.319. The Morgan fingerprint density at radius 3 is 2.74 bits per heavy atom. The van der Waals surface area contributed by atoms with Gasteiger partial charge in [0.2, 0.25) is 17.7 Å². The molecule has 1 aromatic carbocycles. The van der Waals surface area contributed by atoms with Crippen LogP contribution in [0.5, 0.6) is 0 Å². The molecule has 208 valence electrons. The number of halogens is 5. The van der Waals surface area contributed by atoms with Gasteiger partial charge in [0.15, 0.2) is 0 Å². The summed E-state index contributed by atoms with van der Waals surface area (Å²) in [6.45, 7) is 0.400. The van der Waals surface area contributed by atoms with Gasteiger partial charge in [-0.25, -0.2) is 17.6 Å². The number of H-pyrrole nitrogens is 1. The number of aromatic nitrogens is 1. The average molecular weight is 568 g/mol. The van der Waals surface area contributed by atoms with Crippen molar-refractivity contribution in [2.24, 2.45) is 17.8 Å². The zero-order chi connectivity index (χ0) is 28.1. The Hall–Kier alpha value is -3.33. The van der Waals surface area contributed by atoms with Crippen LogP contribution in [0.4, 0.5) is 17.6 Å². The van der Waals surface area contributed by atoms with Crippen molar-refractivity contribution in [1.82, 2.24) is 20.5 Å². The van der Waals surface area contributed by atoms with Gasteiger partial charge in [0.25, 0.3) is 12.3 Å². The largest absolute Gasteiger partial charge is 0.356 e. The van der Waals surface area contributed by atoms with Gasteiger partial charge >= 0.3 is 0 Å². The molecule has 2 saturated heterocycles. The zero-order valence-electron chi connectivity index (χ0n) is 20.7. The number of carbonyl (C=O) groups is 3. The van der Waals surface area contributed by atoms with Crippen molar-refractivity contribution in [1.29, 1.82) is 5.26 Å². The lowest BCUT2D eigenvalue weighted by Crippen LogP contribution is -2.52. The zero-order valence-corrected chi connectivity index (χ0v) is 21.4. The molecule has 1 aromatic heterocycles. The summed E-state index contributed by atoms with van der Waals surface area (Å²) in [6, 6.07) is 3.26. The molecule has 13 heteroatoms. The van der Waals surface area contributed by atoms with Crippen LogP contribution in [0.2, 0.25) is 5.02 Å². The fourth-order valence-corrected chi connectivity index (χ4v) is 6.47. The fraction of sp³-hybridized carbons (Fsp3) is 0.538. The van der Waals surface area contributed by atoms with Crippen molar-refractivity contribution in [3.63, 3.8) is 0 Å². The number of amides is 3. The monoisotopic (exact) mass is 567 g/mol. The van der Waals surface area contributed by atoms with Gasteiger partial charge in [-0.15, -0.1) is 0 Å². The van der Waals surface area contributed by atoms with Crippen LogP contribution >= 0.6 is 11.6 Å². The highest BCUT2D eigenvalue weighted by Gasteiger charge is 2.58. The first-order chi connectivity index (χ1) is 18.5. The molecule has 5 atom stereocenters. The van der Waals surface area contributed by atoms with Gasteiger partial charge in [-0.2, -0.15) is 5.26 Å². The topological polar surface area (TPSA) is 118 Å². The second kappa shape index (κ2) is 10.3. The minimum absolute atomic E-state index is 0.0445. The van der Waals surface area contributed by atoms with E-state index in [0.717, 1.165) is 12.5 Å². The van der Waals surface area contributed by atoms with Crippen LogP contribution in [0.15, 0.2) is 18.2 Å². The smallest absolute Gasteiger partial charge is 0.271 e. The molecule has 5 unspecified atom stereocenters. The van der Waals surface area contributed by atoms with Gasteiger partial charge in [0, 0.05) is 42.8 Å². The minimum atomic E-state index is -3.00. The molecule has 0 bridgehead atoms. The third-order valence-electron chi connectivity index (χ3n) is 8.04. The molecule has 1 aliphatic carbocycles. The van der Waals surface area contributed by atoms with Gasteiger partial charge in [0.1, 0.15) is 17.8 Å². The second-order valence-corrected chi connectivity index (χ2v) is 11.0. The Labute approximate surface area is 226 Å². The van der Waals surface area contributed by atoms with E-state index in [0.29, 0.717) is 13.0 Å². The van der Waals surface area contributed by atoms with E-state index in [2.05, 4.69) is 15.6 Å². The molecule has 3 fully saturated rings. The summed E-state index contributed by atoms with van der Waals surface area (Å²) in [7, 11) is 0. The van der Waals surface area contributed by atoms with Crippen molar-refractivity contribution in [2.75, 3.05) is 13.1 Å². The maximum atomic E-state index is 14.3. The Kier molecular flexibility index (Phi) is 7.22. The van der Waals surface area contributed by atoms with Crippen LogP contribution in [0.1, 0.15) is 54.6 Å². The lowest BCUT2D eigenvalue weighted by molar-refractivity contribution is -0.129. The molecule has 2 aromatic rings. The molecule has 3 heterocycles. The maximum absolute atomic E-state index is 14.3. The van der Waals surface area contributed by atoms with Crippen LogP contribution in [-0.4, -0.2) is 58.7 Å². The number of nitriles is 1. The van der Waals surface area contributed by atoms with Crippen molar-refractivity contribution in [3.05, 3.63) is 34.5 Å². The lowest BCUT2D eigenvalue weighted by atomic mass is 9.90. The van der Waals surface area contributed by atoms with Crippen LogP contribution < -0.4 is 10.6 Å². The van der Waals surface area contributed by atoms with Crippen molar-refractivity contribution >= 4 is 40.2 Å². The number of hydrogen-bond donors (Lipinski definition) is 3. The maximum Gasteiger partial charge on any atom is 0.271 e. The number of nitrogens with zero attached hydrogens (tertiary/aromatic N) is 2. The SMILES string of the molecule is N#CC(CC1CCCNC1=O)NC(=O)C1C2CC(F)(F)CC2CN1C(=O)c1cc2c(C(F)F)ccc(Cl)c2[nH]1. The van der Waals surface area contributed by atoms with Gasteiger partial charge in [-0.3, -0.25) is 14.4 Å². The summed E-state index contributed by atoms with van der Waals surface area (Å²) in [5.74, 6) is -6.70. The first-order valence-electron chi connectivity index (χ1n) is 12.7. The van der Waals surface area contributed by atoms with Crippen molar-refractivity contribution in [2.45, 2.75) is 56.5 Å². The molecule has 39 heavy (non-hydrogen) atoms. The molecular formula is C26H26ClF4N5O3. The number of nitrogens with one attached hydrogen (secondary N) is 3. The van der Waals surface area contributed by atoms with Crippen LogP contribution in [0, 0.1) is 29.1 Å². The molecule has 5 rings (SSSR count). The molecule has 3 amide bonds. The number of carbonyl (C=O) groups excluding carboxylic acids is 3. The highest BCUT2D eigenvalue weighted by molar-refractivity contribution is 6.35. The second-order valence-electron chi connectivity index (χ2n) is 10.6. The van der Waals surface area contributed by atoms with Crippen molar-refractivity contribution in [3.8, 4) is 6.07 Å². The first-order valence-corrected chi connectivity index (χ1v) is 13.1. The standard InChI is InChI=1S/C26H26ClF4N5O3/c27-18-4-3-15(22(28)29)16-7-19(35-20(16)18)25(39)36-11-13-8-26(30,31)9-17(13)21(36)24(38)34-14(10-32)6-12-2-1-5-33-23(12)37/h3-4,7,12-14,17,21-22,35H,1-2,5-6,8-9,11H2,(H,33,37)(H,34,38). The first kappa shape index (κ1) is 27.2. The van der Waals surface area contributed by atoms with Crippen LogP contribution in [0.3, 0.4) is 0 Å². The van der Waals surface area contributed by atoms with E-state index in [1.165, 1.54) is 17.0 Å². The fourth-order valence-electron chi connectivity index (χ4n) is 6.25.